The van der Waals surface area contributed by atoms with Crippen molar-refractivity contribution >= 4 is 45.9 Å². The van der Waals surface area contributed by atoms with E-state index < -0.39 is 5.25 Å². The first-order valence-electron chi connectivity index (χ1n) is 10.4. The van der Waals surface area contributed by atoms with Crippen molar-refractivity contribution in [1.29, 1.82) is 0 Å². The van der Waals surface area contributed by atoms with Crippen LogP contribution in [0, 0.1) is 0 Å². The Morgan fingerprint density at radius 2 is 1.88 bits per heavy atom. The number of amides is 1. The molecule has 1 N–H and O–H groups in total. The van der Waals surface area contributed by atoms with Crippen LogP contribution in [-0.4, -0.2) is 20.7 Å². The van der Waals surface area contributed by atoms with E-state index in [0.717, 1.165) is 16.8 Å². The molecule has 1 atom stereocenters. The Bertz CT molecular complexity index is 1390. The molecule has 0 radical (unpaired) electrons. The number of nitrogens with zero attached hydrogens (tertiary/aromatic N) is 2. The van der Waals surface area contributed by atoms with E-state index >= 15 is 0 Å². The van der Waals surface area contributed by atoms with Crippen molar-refractivity contribution < 1.29 is 4.79 Å². The molecule has 3 aromatic carbocycles. The van der Waals surface area contributed by atoms with E-state index in [2.05, 4.69) is 16.9 Å². The average Bonchev–Trinajstić information content (AvgIpc) is 2.83. The first-order chi connectivity index (χ1) is 16.0. The van der Waals surface area contributed by atoms with E-state index in [1.807, 2.05) is 54.6 Å². The van der Waals surface area contributed by atoms with Crippen LogP contribution in [0.25, 0.3) is 22.0 Å². The summed E-state index contributed by atoms with van der Waals surface area (Å²) in [5.74, 6) is -0.181. The maximum Gasteiger partial charge on any atom is 0.262 e. The molecule has 0 bridgehead atoms. The van der Waals surface area contributed by atoms with Gasteiger partial charge >= 0.3 is 0 Å². The van der Waals surface area contributed by atoms with E-state index in [4.69, 9.17) is 11.6 Å². The molecule has 1 amide bonds. The van der Waals surface area contributed by atoms with E-state index in [0.29, 0.717) is 21.1 Å². The third kappa shape index (κ3) is 5.02. The zero-order chi connectivity index (χ0) is 23.4. The van der Waals surface area contributed by atoms with Gasteiger partial charge in [0, 0.05) is 22.8 Å². The molecule has 0 saturated carbocycles. The number of hydrogen-bond donors (Lipinski definition) is 1. The normalized spacial score (nSPS) is 11.8. The third-order valence-electron chi connectivity index (χ3n) is 5.11. The first kappa shape index (κ1) is 22.8. The number of fused-ring (bicyclic) bond motifs is 1. The van der Waals surface area contributed by atoms with Crippen LogP contribution in [0.3, 0.4) is 0 Å². The molecule has 1 heterocycles. The molecule has 0 fully saturated rings. The Hall–Kier alpha value is -3.35. The molecule has 4 rings (SSSR count). The van der Waals surface area contributed by atoms with E-state index in [-0.39, 0.29) is 18.0 Å². The topological polar surface area (TPSA) is 64.0 Å². The number of para-hydroxylation sites is 1. The van der Waals surface area contributed by atoms with Gasteiger partial charge in [0.1, 0.15) is 0 Å². The summed E-state index contributed by atoms with van der Waals surface area (Å²) in [6, 6.07) is 22.6. The summed E-state index contributed by atoms with van der Waals surface area (Å²) < 4.78 is 1.51. The SMILES string of the molecule is C=CCn1c(S[C@@H](C)C(=O)Nc2ccccc2-c2ccccc2)nc2ccc(Cl)cc2c1=O. The van der Waals surface area contributed by atoms with Gasteiger partial charge in [-0.25, -0.2) is 4.98 Å². The van der Waals surface area contributed by atoms with E-state index in [9.17, 15) is 9.59 Å². The summed E-state index contributed by atoms with van der Waals surface area (Å²) in [5, 5.41) is 3.88. The minimum atomic E-state index is -0.499. The summed E-state index contributed by atoms with van der Waals surface area (Å²) >= 11 is 7.30. The monoisotopic (exact) mass is 475 g/mol. The number of nitrogens with one attached hydrogen (secondary N) is 1. The Morgan fingerprint density at radius 1 is 1.15 bits per heavy atom. The second-order valence-electron chi connectivity index (χ2n) is 7.42. The van der Waals surface area contributed by atoms with Gasteiger partial charge in [0.15, 0.2) is 5.16 Å². The van der Waals surface area contributed by atoms with Crippen molar-refractivity contribution in [3.8, 4) is 11.1 Å². The van der Waals surface area contributed by atoms with Gasteiger partial charge in [-0.2, -0.15) is 0 Å². The number of benzene rings is 3. The molecular weight excluding hydrogens is 454 g/mol. The zero-order valence-electron chi connectivity index (χ0n) is 18.0. The Balaban J connectivity index is 1.62. The predicted molar refractivity (Wildman–Crippen MR) is 137 cm³/mol. The van der Waals surface area contributed by atoms with Gasteiger partial charge in [0.2, 0.25) is 5.91 Å². The number of halogens is 1. The average molecular weight is 476 g/mol. The van der Waals surface area contributed by atoms with Crippen LogP contribution in [0.4, 0.5) is 5.69 Å². The van der Waals surface area contributed by atoms with Crippen LogP contribution in [0.1, 0.15) is 6.92 Å². The lowest BCUT2D eigenvalue weighted by molar-refractivity contribution is -0.115. The van der Waals surface area contributed by atoms with Crippen LogP contribution in [0.5, 0.6) is 0 Å². The minimum absolute atomic E-state index is 0.181. The van der Waals surface area contributed by atoms with E-state index in [1.165, 1.54) is 16.3 Å². The number of thioether (sulfide) groups is 1. The maximum atomic E-state index is 13.1. The van der Waals surface area contributed by atoms with Crippen LogP contribution >= 0.6 is 23.4 Å². The van der Waals surface area contributed by atoms with Crippen LogP contribution in [-0.2, 0) is 11.3 Å². The largest absolute Gasteiger partial charge is 0.325 e. The van der Waals surface area contributed by atoms with Crippen molar-refractivity contribution in [1.82, 2.24) is 9.55 Å². The molecular formula is C26H22ClN3O2S. The molecule has 0 unspecified atom stereocenters. The van der Waals surface area contributed by atoms with Crippen molar-refractivity contribution in [2.45, 2.75) is 23.9 Å². The van der Waals surface area contributed by atoms with Crippen molar-refractivity contribution in [2.24, 2.45) is 0 Å². The van der Waals surface area contributed by atoms with Crippen LogP contribution in [0.2, 0.25) is 5.02 Å². The van der Waals surface area contributed by atoms with Crippen LogP contribution < -0.4 is 10.9 Å². The highest BCUT2D eigenvalue weighted by molar-refractivity contribution is 8.00. The lowest BCUT2D eigenvalue weighted by atomic mass is 10.0. The smallest absolute Gasteiger partial charge is 0.262 e. The predicted octanol–water partition coefficient (Wildman–Crippen LogP) is 6.02. The van der Waals surface area contributed by atoms with Crippen molar-refractivity contribution in [3.63, 3.8) is 0 Å². The highest BCUT2D eigenvalue weighted by Gasteiger charge is 2.20. The Kier molecular flexibility index (Phi) is 6.96. The van der Waals surface area contributed by atoms with Crippen molar-refractivity contribution in [2.75, 3.05) is 5.32 Å². The van der Waals surface area contributed by atoms with Gasteiger partial charge in [0.05, 0.1) is 16.2 Å². The number of carbonyl (C=O) groups is 1. The zero-order valence-corrected chi connectivity index (χ0v) is 19.6. The van der Waals surface area contributed by atoms with E-state index in [1.54, 1.807) is 31.2 Å². The van der Waals surface area contributed by atoms with Gasteiger partial charge in [-0.05, 0) is 36.8 Å². The second kappa shape index (κ2) is 10.1. The van der Waals surface area contributed by atoms with Crippen LogP contribution in [0.15, 0.2) is 95.4 Å². The molecule has 0 saturated heterocycles. The molecule has 4 aromatic rings. The fraction of sp³-hybridized carbons (Fsp3) is 0.115. The van der Waals surface area contributed by atoms with Gasteiger partial charge < -0.3 is 5.32 Å². The minimum Gasteiger partial charge on any atom is -0.325 e. The van der Waals surface area contributed by atoms with Gasteiger partial charge in [-0.3, -0.25) is 14.2 Å². The summed E-state index contributed by atoms with van der Waals surface area (Å²) in [6.07, 6.45) is 1.63. The standard InChI is InChI=1S/C26H22ClN3O2S/c1-3-15-30-25(32)21-16-19(27)13-14-23(21)29-26(30)33-17(2)24(31)28-22-12-8-7-11-20(22)18-9-5-4-6-10-18/h3-14,16-17H,1,15H2,2H3,(H,28,31)/t17-/m0/s1. The summed E-state index contributed by atoms with van der Waals surface area (Å²) in [7, 11) is 0. The Morgan fingerprint density at radius 3 is 2.64 bits per heavy atom. The molecule has 0 aliphatic heterocycles. The Labute approximate surface area is 201 Å². The fourth-order valence-electron chi connectivity index (χ4n) is 3.46. The summed E-state index contributed by atoms with van der Waals surface area (Å²) in [6.45, 7) is 5.82. The van der Waals surface area contributed by atoms with Gasteiger partial charge in [0.25, 0.3) is 5.56 Å². The molecule has 33 heavy (non-hydrogen) atoms. The molecule has 0 aliphatic carbocycles. The molecule has 166 valence electrons. The molecule has 1 aromatic heterocycles. The summed E-state index contributed by atoms with van der Waals surface area (Å²) in [4.78, 5) is 30.7. The van der Waals surface area contributed by atoms with Crippen molar-refractivity contribution in [3.05, 3.63) is 101 Å². The third-order valence-corrected chi connectivity index (χ3v) is 6.44. The molecule has 7 heteroatoms. The van der Waals surface area contributed by atoms with Gasteiger partial charge in [-0.1, -0.05) is 78.0 Å². The molecule has 5 nitrogen and oxygen atoms in total. The second-order valence-corrected chi connectivity index (χ2v) is 9.17. The number of allylic oxidation sites excluding steroid dienone is 1. The lowest BCUT2D eigenvalue weighted by Crippen LogP contribution is -2.27. The lowest BCUT2D eigenvalue weighted by Gasteiger charge is -2.17. The molecule has 0 spiro atoms. The highest BCUT2D eigenvalue weighted by Crippen LogP contribution is 2.29. The number of aromatic nitrogens is 2. The number of carbonyl (C=O) groups excluding carboxylic acids is 1. The maximum absolute atomic E-state index is 13.1. The number of rotatable bonds is 7. The summed E-state index contributed by atoms with van der Waals surface area (Å²) in [5.41, 5.74) is 3.00. The first-order valence-corrected chi connectivity index (χ1v) is 11.7. The highest BCUT2D eigenvalue weighted by atomic mass is 35.5. The molecule has 0 aliphatic rings. The number of anilines is 1. The fourth-order valence-corrected chi connectivity index (χ4v) is 4.55. The number of hydrogen-bond acceptors (Lipinski definition) is 4. The van der Waals surface area contributed by atoms with Gasteiger partial charge in [-0.15, -0.1) is 6.58 Å². The quantitative estimate of drug-likeness (QED) is 0.201.